The Bertz CT molecular complexity index is 700. The van der Waals surface area contributed by atoms with Gasteiger partial charge in [-0.05, 0) is 19.8 Å². The summed E-state index contributed by atoms with van der Waals surface area (Å²) >= 11 is 0. The molecule has 10 heteroatoms. The van der Waals surface area contributed by atoms with E-state index in [9.17, 15) is 18.3 Å². The number of hydrogen-bond acceptors (Lipinski definition) is 4. The number of aryl methyl sites for hydroxylation is 1. The Hall–Kier alpha value is -1.81. The molecule has 2 saturated heterocycles. The van der Waals surface area contributed by atoms with E-state index in [0.717, 1.165) is 39.1 Å². The van der Waals surface area contributed by atoms with E-state index in [0.29, 0.717) is 12.5 Å². The van der Waals surface area contributed by atoms with E-state index in [1.165, 1.54) is 24.0 Å². The number of guanidine groups is 1. The zero-order valence-corrected chi connectivity index (χ0v) is 16.3. The fourth-order valence-corrected chi connectivity index (χ4v) is 3.98. The van der Waals surface area contributed by atoms with Crippen LogP contribution in [0.3, 0.4) is 0 Å². The minimum atomic E-state index is -4.85. The van der Waals surface area contributed by atoms with Gasteiger partial charge in [0, 0.05) is 64.1 Å². The van der Waals surface area contributed by atoms with Gasteiger partial charge in [0.15, 0.2) is 5.96 Å². The Labute approximate surface area is 162 Å². The molecule has 2 unspecified atom stereocenters. The molecule has 1 aromatic rings. The van der Waals surface area contributed by atoms with Crippen LogP contribution in [-0.4, -0.2) is 71.1 Å². The van der Waals surface area contributed by atoms with Crippen LogP contribution in [0.5, 0.6) is 0 Å². The number of nitrogens with one attached hydrogen (secondary N) is 1. The summed E-state index contributed by atoms with van der Waals surface area (Å²) in [5.41, 5.74) is -2.92. The summed E-state index contributed by atoms with van der Waals surface area (Å²) in [6, 6.07) is 0. The van der Waals surface area contributed by atoms with Gasteiger partial charge in [0.2, 0.25) is 5.60 Å². The molecular weight excluding hydrogens is 375 g/mol. The smallest absolute Gasteiger partial charge is 0.381 e. The molecule has 1 aromatic heterocycles. The lowest BCUT2D eigenvalue weighted by molar-refractivity contribution is -0.272. The van der Waals surface area contributed by atoms with Gasteiger partial charge >= 0.3 is 6.18 Å². The van der Waals surface area contributed by atoms with Crippen molar-refractivity contribution in [2.45, 2.75) is 38.0 Å². The number of halogens is 3. The van der Waals surface area contributed by atoms with Crippen molar-refractivity contribution in [3.63, 3.8) is 0 Å². The van der Waals surface area contributed by atoms with Gasteiger partial charge in [-0.25, -0.2) is 4.98 Å². The Kier molecular flexibility index (Phi) is 5.90. The molecule has 0 radical (unpaired) electrons. The van der Waals surface area contributed by atoms with Crippen LogP contribution in [0.2, 0.25) is 0 Å². The molecule has 158 valence electrons. The lowest BCUT2D eigenvalue weighted by Gasteiger charge is -2.30. The second-order valence-electron chi connectivity index (χ2n) is 7.68. The van der Waals surface area contributed by atoms with Gasteiger partial charge in [-0.3, -0.25) is 4.99 Å². The first-order valence-electron chi connectivity index (χ1n) is 9.59. The molecule has 0 amide bonds. The van der Waals surface area contributed by atoms with Gasteiger partial charge in [-0.15, -0.1) is 0 Å². The van der Waals surface area contributed by atoms with Crippen LogP contribution >= 0.6 is 0 Å². The minimum absolute atomic E-state index is 0.121. The van der Waals surface area contributed by atoms with Gasteiger partial charge in [0.25, 0.3) is 0 Å². The largest absolute Gasteiger partial charge is 0.424 e. The molecule has 3 rings (SSSR count). The Morgan fingerprint density at radius 3 is 2.79 bits per heavy atom. The highest BCUT2D eigenvalue weighted by molar-refractivity contribution is 5.80. The molecule has 2 aliphatic heterocycles. The zero-order valence-electron chi connectivity index (χ0n) is 16.3. The molecule has 0 aromatic carbocycles. The minimum Gasteiger partial charge on any atom is -0.381 e. The third-order valence-corrected chi connectivity index (χ3v) is 5.65. The molecular formula is C18H28F3N5O2. The average molecular weight is 403 g/mol. The number of nitrogens with zero attached hydrogens (tertiary/aromatic N) is 4. The van der Waals surface area contributed by atoms with E-state index in [2.05, 4.69) is 20.2 Å². The SMILES string of the molecule is CCNC(=NCCC(O)(c1nccn1C)C(F)(F)F)N1CCC2(CCOC2)C1. The fraction of sp³-hybridized carbons (Fsp3) is 0.778. The highest BCUT2D eigenvalue weighted by Crippen LogP contribution is 2.41. The monoisotopic (exact) mass is 403 g/mol. The van der Waals surface area contributed by atoms with Crippen LogP contribution in [0.25, 0.3) is 0 Å². The normalized spacial score (nSPS) is 25.5. The van der Waals surface area contributed by atoms with Crippen molar-refractivity contribution in [2.24, 2.45) is 17.5 Å². The number of rotatable bonds is 5. The number of hydrogen-bond donors (Lipinski definition) is 2. The summed E-state index contributed by atoms with van der Waals surface area (Å²) in [5, 5.41) is 13.6. The second-order valence-corrected chi connectivity index (χ2v) is 7.68. The maximum Gasteiger partial charge on any atom is 0.424 e. The predicted octanol–water partition coefficient (Wildman–Crippen LogP) is 1.64. The topological polar surface area (TPSA) is 74.9 Å². The molecule has 7 nitrogen and oxygen atoms in total. The van der Waals surface area contributed by atoms with Crippen LogP contribution in [0.1, 0.15) is 32.0 Å². The summed E-state index contributed by atoms with van der Waals surface area (Å²) in [5.74, 6) is 0.152. The Balaban J connectivity index is 1.73. The van der Waals surface area contributed by atoms with Crippen molar-refractivity contribution in [3.05, 3.63) is 18.2 Å². The summed E-state index contributed by atoms with van der Waals surface area (Å²) in [6.45, 7) is 5.40. The molecule has 2 atom stereocenters. The van der Waals surface area contributed by atoms with Crippen molar-refractivity contribution in [1.82, 2.24) is 19.8 Å². The van der Waals surface area contributed by atoms with Gasteiger partial charge in [-0.1, -0.05) is 0 Å². The molecule has 1 spiro atoms. The van der Waals surface area contributed by atoms with E-state index >= 15 is 0 Å². The maximum atomic E-state index is 13.6. The van der Waals surface area contributed by atoms with E-state index in [4.69, 9.17) is 4.74 Å². The lowest BCUT2D eigenvalue weighted by atomic mass is 9.87. The summed E-state index contributed by atoms with van der Waals surface area (Å²) < 4.78 is 47.6. The molecule has 0 saturated carbocycles. The lowest BCUT2D eigenvalue weighted by Crippen LogP contribution is -2.45. The van der Waals surface area contributed by atoms with Crippen LogP contribution < -0.4 is 5.32 Å². The summed E-state index contributed by atoms with van der Waals surface area (Å²) in [4.78, 5) is 10.2. The van der Waals surface area contributed by atoms with Crippen molar-refractivity contribution in [1.29, 1.82) is 0 Å². The number of ether oxygens (including phenoxy) is 1. The molecule has 0 bridgehead atoms. The molecule has 3 heterocycles. The average Bonchev–Trinajstić information content (AvgIpc) is 3.36. The van der Waals surface area contributed by atoms with Gasteiger partial charge in [0.05, 0.1) is 6.61 Å². The van der Waals surface area contributed by atoms with Crippen molar-refractivity contribution >= 4 is 5.96 Å². The Morgan fingerprint density at radius 1 is 1.43 bits per heavy atom. The van der Waals surface area contributed by atoms with Crippen molar-refractivity contribution < 1.29 is 23.0 Å². The molecule has 2 N–H and O–H groups in total. The third kappa shape index (κ3) is 3.98. The van der Waals surface area contributed by atoms with Crippen LogP contribution in [0, 0.1) is 5.41 Å². The van der Waals surface area contributed by atoms with E-state index in [1.54, 1.807) is 0 Å². The predicted molar refractivity (Wildman–Crippen MR) is 97.8 cm³/mol. The second kappa shape index (κ2) is 7.90. The highest BCUT2D eigenvalue weighted by atomic mass is 19.4. The van der Waals surface area contributed by atoms with E-state index in [-0.39, 0.29) is 12.0 Å². The molecule has 28 heavy (non-hydrogen) atoms. The maximum absolute atomic E-state index is 13.6. The number of alkyl halides is 3. The van der Waals surface area contributed by atoms with Crippen LogP contribution in [-0.2, 0) is 17.4 Å². The fourth-order valence-electron chi connectivity index (χ4n) is 3.98. The number of likely N-dealkylation sites (tertiary alicyclic amines) is 1. The number of aliphatic imine (C=N–C) groups is 1. The molecule has 2 fully saturated rings. The Morgan fingerprint density at radius 2 is 2.21 bits per heavy atom. The quantitative estimate of drug-likeness (QED) is 0.578. The molecule has 0 aliphatic carbocycles. The summed E-state index contributed by atoms with van der Waals surface area (Å²) in [7, 11) is 1.43. The first-order valence-corrected chi connectivity index (χ1v) is 9.59. The van der Waals surface area contributed by atoms with Gasteiger partial charge in [0.1, 0.15) is 5.82 Å². The number of aliphatic hydroxyl groups is 1. The van der Waals surface area contributed by atoms with Crippen LogP contribution in [0.15, 0.2) is 17.4 Å². The zero-order chi connectivity index (χ0) is 20.4. The standard InChI is InChI=1S/C18H28F3N5O2/c1-3-22-15(26-9-5-16(12-26)6-11-28-13-16)24-7-4-17(27,18(19,20)21)14-23-8-10-25(14)2/h8,10,27H,3-7,9,11-13H2,1-2H3,(H,22,24). The first kappa shape index (κ1) is 20.9. The van der Waals surface area contributed by atoms with Crippen molar-refractivity contribution in [2.75, 3.05) is 39.4 Å². The molecule has 2 aliphatic rings. The van der Waals surface area contributed by atoms with Gasteiger partial charge in [-0.2, -0.15) is 13.2 Å². The number of aromatic nitrogens is 2. The highest BCUT2D eigenvalue weighted by Gasteiger charge is 2.57. The van der Waals surface area contributed by atoms with Crippen molar-refractivity contribution in [3.8, 4) is 0 Å². The van der Waals surface area contributed by atoms with Gasteiger partial charge < -0.3 is 24.6 Å². The first-order chi connectivity index (χ1) is 13.2. The van der Waals surface area contributed by atoms with E-state index < -0.39 is 24.0 Å². The number of imidazole rings is 1. The van der Waals surface area contributed by atoms with Crippen LogP contribution in [0.4, 0.5) is 13.2 Å². The summed E-state index contributed by atoms with van der Waals surface area (Å²) in [6.07, 6.45) is -0.844. The van der Waals surface area contributed by atoms with E-state index in [1.807, 2.05) is 6.92 Å². The third-order valence-electron chi connectivity index (χ3n) is 5.65.